The average Bonchev–Trinajstić information content (AvgIpc) is 1.78. The van der Waals surface area contributed by atoms with Crippen molar-refractivity contribution in [2.75, 3.05) is 13.6 Å². The predicted molar refractivity (Wildman–Crippen MR) is 38.7 cm³/mol. The minimum Gasteiger partial charge on any atom is -0.319 e. The van der Waals surface area contributed by atoms with Gasteiger partial charge in [0.1, 0.15) is 0 Å². The molecule has 0 aromatic heterocycles. The van der Waals surface area contributed by atoms with Gasteiger partial charge in [-0.15, -0.1) is 0 Å². The fourth-order valence-electron chi connectivity index (χ4n) is 0.754. The molecule has 1 heterocycles. The van der Waals surface area contributed by atoms with E-state index in [0.29, 0.717) is 5.41 Å². The quantitative estimate of drug-likeness (QED) is 0.520. The van der Waals surface area contributed by atoms with Crippen molar-refractivity contribution in [2.24, 2.45) is 5.41 Å². The van der Waals surface area contributed by atoms with Gasteiger partial charge < -0.3 is 5.01 Å². The monoisotopic (exact) mass is 126 g/mol. The first-order valence-corrected chi connectivity index (χ1v) is 3.26. The minimum absolute atomic E-state index is 0.326. The van der Waals surface area contributed by atoms with Crippen LogP contribution < -0.4 is 5.43 Å². The van der Waals surface area contributed by atoms with Crippen LogP contribution in [0.25, 0.3) is 0 Å². The van der Waals surface area contributed by atoms with Crippen LogP contribution in [0.1, 0.15) is 13.8 Å². The third kappa shape index (κ3) is 1.72. The van der Waals surface area contributed by atoms with Gasteiger partial charge in [-0.25, -0.2) is 5.43 Å². The summed E-state index contributed by atoms with van der Waals surface area (Å²) in [6.07, 6.45) is 4.27. The molecule has 9 heavy (non-hydrogen) atoms. The van der Waals surface area contributed by atoms with Crippen LogP contribution in [0.5, 0.6) is 0 Å². The molecule has 1 N–H and O–H groups in total. The number of hydrazine groups is 1. The van der Waals surface area contributed by atoms with E-state index in [0.717, 1.165) is 6.54 Å². The van der Waals surface area contributed by atoms with Crippen LogP contribution in [0, 0.1) is 5.41 Å². The molecule has 1 rings (SSSR count). The average molecular weight is 126 g/mol. The second-order valence-electron chi connectivity index (χ2n) is 3.25. The Morgan fingerprint density at radius 3 is 2.56 bits per heavy atom. The minimum atomic E-state index is 0.326. The van der Waals surface area contributed by atoms with Crippen molar-refractivity contribution in [1.29, 1.82) is 0 Å². The van der Waals surface area contributed by atoms with E-state index in [9.17, 15) is 0 Å². The Kier molecular flexibility index (Phi) is 1.49. The van der Waals surface area contributed by atoms with Crippen LogP contribution in [-0.4, -0.2) is 18.6 Å². The van der Waals surface area contributed by atoms with Gasteiger partial charge in [0, 0.05) is 19.8 Å². The lowest BCUT2D eigenvalue weighted by Gasteiger charge is -2.30. The first kappa shape index (κ1) is 6.62. The standard InChI is InChI=1S/C7H14N2/c1-7(2)4-5-9(3)8-6-7/h4-5,8H,6H2,1-3H3. The summed E-state index contributed by atoms with van der Waals surface area (Å²) >= 11 is 0. The second kappa shape index (κ2) is 2.03. The third-order valence-electron chi connectivity index (χ3n) is 1.53. The maximum Gasteiger partial charge on any atom is 0.0236 e. The molecule has 2 heteroatoms. The van der Waals surface area contributed by atoms with Crippen molar-refractivity contribution in [1.82, 2.24) is 10.4 Å². The maximum atomic E-state index is 3.22. The van der Waals surface area contributed by atoms with Gasteiger partial charge in [-0.05, 0) is 5.41 Å². The van der Waals surface area contributed by atoms with Crippen molar-refractivity contribution in [3.8, 4) is 0 Å². The van der Waals surface area contributed by atoms with E-state index < -0.39 is 0 Å². The Balaban J connectivity index is 2.58. The van der Waals surface area contributed by atoms with Gasteiger partial charge in [0.2, 0.25) is 0 Å². The Morgan fingerprint density at radius 1 is 1.56 bits per heavy atom. The molecule has 1 aliphatic heterocycles. The zero-order chi connectivity index (χ0) is 6.91. The fraction of sp³-hybridized carbons (Fsp3) is 0.714. The Morgan fingerprint density at radius 2 is 2.22 bits per heavy atom. The topological polar surface area (TPSA) is 15.3 Å². The zero-order valence-corrected chi connectivity index (χ0v) is 6.31. The highest BCUT2D eigenvalue weighted by Gasteiger charge is 2.16. The number of nitrogens with one attached hydrogen (secondary N) is 1. The van der Waals surface area contributed by atoms with Crippen molar-refractivity contribution >= 4 is 0 Å². The molecule has 2 nitrogen and oxygen atoms in total. The van der Waals surface area contributed by atoms with Crippen LogP contribution in [0.15, 0.2) is 12.3 Å². The first-order valence-electron chi connectivity index (χ1n) is 3.26. The lowest BCUT2D eigenvalue weighted by Crippen LogP contribution is -2.40. The zero-order valence-electron chi connectivity index (χ0n) is 6.31. The molecule has 0 unspecified atom stereocenters. The normalized spacial score (nSPS) is 24.6. The van der Waals surface area contributed by atoms with E-state index in [4.69, 9.17) is 0 Å². The number of hydrogen-bond donors (Lipinski definition) is 1. The summed E-state index contributed by atoms with van der Waals surface area (Å²) in [4.78, 5) is 0. The molecular formula is C7H14N2. The summed E-state index contributed by atoms with van der Waals surface area (Å²) in [5, 5.41) is 1.98. The second-order valence-corrected chi connectivity index (χ2v) is 3.25. The molecule has 0 atom stereocenters. The van der Waals surface area contributed by atoms with E-state index >= 15 is 0 Å². The van der Waals surface area contributed by atoms with E-state index in [1.807, 2.05) is 12.1 Å². The van der Waals surface area contributed by atoms with Gasteiger partial charge >= 0.3 is 0 Å². The summed E-state index contributed by atoms with van der Waals surface area (Å²) in [5.74, 6) is 0. The lowest BCUT2D eigenvalue weighted by molar-refractivity contribution is 0.244. The van der Waals surface area contributed by atoms with Gasteiger partial charge in [-0.2, -0.15) is 0 Å². The Hall–Kier alpha value is -0.500. The smallest absolute Gasteiger partial charge is 0.0236 e. The summed E-state index contributed by atoms with van der Waals surface area (Å²) in [7, 11) is 2.01. The van der Waals surface area contributed by atoms with Gasteiger partial charge in [-0.3, -0.25) is 0 Å². The maximum absolute atomic E-state index is 3.22. The first-order chi connectivity index (χ1) is 4.10. The van der Waals surface area contributed by atoms with Gasteiger partial charge in [0.15, 0.2) is 0 Å². The van der Waals surface area contributed by atoms with Crippen molar-refractivity contribution in [3.05, 3.63) is 12.3 Å². The molecule has 0 aromatic carbocycles. The molecular weight excluding hydrogens is 112 g/mol. The van der Waals surface area contributed by atoms with E-state index in [1.165, 1.54) is 0 Å². The number of nitrogens with zero attached hydrogens (tertiary/aromatic N) is 1. The highest BCUT2D eigenvalue weighted by Crippen LogP contribution is 2.17. The molecule has 0 aromatic rings. The highest BCUT2D eigenvalue weighted by atomic mass is 15.5. The van der Waals surface area contributed by atoms with Gasteiger partial charge in [-0.1, -0.05) is 19.9 Å². The van der Waals surface area contributed by atoms with Crippen molar-refractivity contribution in [2.45, 2.75) is 13.8 Å². The van der Waals surface area contributed by atoms with Crippen molar-refractivity contribution < 1.29 is 0 Å². The molecule has 52 valence electrons. The fourth-order valence-corrected chi connectivity index (χ4v) is 0.754. The molecule has 0 saturated heterocycles. The summed E-state index contributed by atoms with van der Waals surface area (Å²) in [5.41, 5.74) is 3.54. The predicted octanol–water partition coefficient (Wildman–Crippen LogP) is 0.976. The molecule has 0 fully saturated rings. The largest absolute Gasteiger partial charge is 0.319 e. The Labute approximate surface area is 56.5 Å². The number of rotatable bonds is 0. The van der Waals surface area contributed by atoms with Crippen LogP contribution >= 0.6 is 0 Å². The molecule has 1 aliphatic rings. The summed E-state index contributed by atoms with van der Waals surface area (Å²) in [6.45, 7) is 5.45. The SMILES string of the molecule is CN1C=CC(C)(C)CN1. The van der Waals surface area contributed by atoms with E-state index in [-0.39, 0.29) is 0 Å². The van der Waals surface area contributed by atoms with Crippen LogP contribution in [-0.2, 0) is 0 Å². The van der Waals surface area contributed by atoms with Gasteiger partial charge in [0.25, 0.3) is 0 Å². The van der Waals surface area contributed by atoms with Crippen LogP contribution in [0.4, 0.5) is 0 Å². The molecule has 0 aliphatic carbocycles. The third-order valence-corrected chi connectivity index (χ3v) is 1.53. The molecule has 0 amide bonds. The lowest BCUT2D eigenvalue weighted by atomic mass is 9.93. The molecule has 0 radical (unpaired) electrons. The van der Waals surface area contributed by atoms with E-state index in [2.05, 4.69) is 31.5 Å². The highest BCUT2D eigenvalue weighted by molar-refractivity contribution is 4.97. The number of hydrogen-bond acceptors (Lipinski definition) is 2. The van der Waals surface area contributed by atoms with Gasteiger partial charge in [0.05, 0.1) is 0 Å². The van der Waals surface area contributed by atoms with Crippen molar-refractivity contribution in [3.63, 3.8) is 0 Å². The van der Waals surface area contributed by atoms with Crippen LogP contribution in [0.2, 0.25) is 0 Å². The molecule has 0 bridgehead atoms. The van der Waals surface area contributed by atoms with Crippen LogP contribution in [0.3, 0.4) is 0 Å². The summed E-state index contributed by atoms with van der Waals surface area (Å²) in [6, 6.07) is 0. The molecule has 0 saturated carbocycles. The summed E-state index contributed by atoms with van der Waals surface area (Å²) < 4.78 is 0. The molecule has 0 spiro atoms. The Bertz CT molecular complexity index is 127. The van der Waals surface area contributed by atoms with E-state index in [1.54, 1.807) is 0 Å².